The first kappa shape index (κ1) is 11.9. The molecular weight excluding hydrogens is 208 g/mol. The Morgan fingerprint density at radius 2 is 2.12 bits per heavy atom. The van der Waals surface area contributed by atoms with Crippen LogP contribution in [0.5, 0.6) is 0 Å². The van der Waals surface area contributed by atoms with E-state index in [1.807, 2.05) is 19.1 Å². The summed E-state index contributed by atoms with van der Waals surface area (Å²) in [4.78, 5) is 0. The van der Waals surface area contributed by atoms with Crippen LogP contribution in [-0.2, 0) is 0 Å². The number of aryl methyl sites for hydroxylation is 1. The molecule has 2 rings (SSSR count). The van der Waals surface area contributed by atoms with Crippen LogP contribution in [0.15, 0.2) is 24.3 Å². The molecule has 1 aromatic carbocycles. The number of allylic oxidation sites excluding steroid dienone is 1. The highest BCUT2D eigenvalue weighted by atomic mass is 14.9. The molecule has 1 aromatic rings. The number of piperidine rings is 1. The number of nitrogens with zero attached hydrogens (tertiary/aromatic N) is 1. The number of hydrogen-bond acceptors (Lipinski definition) is 2. The second kappa shape index (κ2) is 5.65. The van der Waals surface area contributed by atoms with E-state index >= 15 is 0 Å². The molecule has 88 valence electrons. The maximum atomic E-state index is 8.87. The first-order chi connectivity index (χ1) is 8.29. The second-order valence-electron chi connectivity index (χ2n) is 4.63. The molecule has 0 atom stereocenters. The van der Waals surface area contributed by atoms with Crippen molar-refractivity contribution in [1.82, 2.24) is 5.32 Å². The molecule has 1 heterocycles. The fourth-order valence-electron chi connectivity index (χ4n) is 2.20. The molecule has 0 aliphatic carbocycles. The van der Waals surface area contributed by atoms with E-state index in [0.29, 0.717) is 5.92 Å². The molecule has 17 heavy (non-hydrogen) atoms. The van der Waals surface area contributed by atoms with Crippen LogP contribution >= 0.6 is 0 Å². The van der Waals surface area contributed by atoms with Crippen LogP contribution in [0, 0.1) is 24.2 Å². The van der Waals surface area contributed by atoms with Crippen LogP contribution in [-0.4, -0.2) is 13.1 Å². The largest absolute Gasteiger partial charge is 0.317 e. The molecule has 0 aromatic heterocycles. The number of benzene rings is 1. The molecule has 0 saturated carbocycles. The standard InChI is InChI=1S/C15H18N2/c1-12-10-14(4-5-15(12)11-16)3-2-13-6-8-17-9-7-13/h2-5,10,13,17H,6-9H2,1H3. The SMILES string of the molecule is Cc1cc(C=CC2CCNCC2)ccc1C#N. The molecule has 1 aliphatic heterocycles. The summed E-state index contributed by atoms with van der Waals surface area (Å²) in [6.07, 6.45) is 6.95. The molecule has 0 spiro atoms. The summed E-state index contributed by atoms with van der Waals surface area (Å²) in [5, 5.41) is 12.2. The molecule has 0 amide bonds. The zero-order valence-corrected chi connectivity index (χ0v) is 10.2. The van der Waals surface area contributed by atoms with Crippen molar-refractivity contribution in [2.75, 3.05) is 13.1 Å². The summed E-state index contributed by atoms with van der Waals surface area (Å²) in [5.41, 5.74) is 3.02. The topological polar surface area (TPSA) is 35.8 Å². The van der Waals surface area contributed by atoms with E-state index in [1.165, 1.54) is 18.4 Å². The van der Waals surface area contributed by atoms with Gasteiger partial charge in [-0.1, -0.05) is 24.3 Å². The van der Waals surface area contributed by atoms with Crippen molar-refractivity contribution >= 4 is 6.08 Å². The van der Waals surface area contributed by atoms with Crippen LogP contribution in [0.25, 0.3) is 6.08 Å². The predicted octanol–water partition coefficient (Wildman–Crippen LogP) is 2.88. The third kappa shape index (κ3) is 3.18. The lowest BCUT2D eigenvalue weighted by Crippen LogP contribution is -2.26. The van der Waals surface area contributed by atoms with Crippen LogP contribution < -0.4 is 5.32 Å². The van der Waals surface area contributed by atoms with Crippen LogP contribution in [0.2, 0.25) is 0 Å². The molecule has 2 heteroatoms. The first-order valence-corrected chi connectivity index (χ1v) is 6.19. The minimum absolute atomic E-state index is 0.701. The fraction of sp³-hybridized carbons (Fsp3) is 0.400. The summed E-state index contributed by atoms with van der Waals surface area (Å²) in [6, 6.07) is 8.19. The van der Waals surface area contributed by atoms with Gasteiger partial charge in [0.05, 0.1) is 11.6 Å². The van der Waals surface area contributed by atoms with Gasteiger partial charge in [-0.3, -0.25) is 0 Å². The summed E-state index contributed by atoms with van der Waals surface area (Å²) < 4.78 is 0. The van der Waals surface area contributed by atoms with Crippen molar-refractivity contribution in [2.45, 2.75) is 19.8 Å². The maximum Gasteiger partial charge on any atom is 0.0994 e. The third-order valence-corrected chi connectivity index (χ3v) is 3.32. The Morgan fingerprint density at radius 3 is 2.76 bits per heavy atom. The van der Waals surface area contributed by atoms with Crippen molar-refractivity contribution in [3.05, 3.63) is 41.0 Å². The molecule has 0 unspecified atom stereocenters. The highest BCUT2D eigenvalue weighted by Gasteiger charge is 2.08. The quantitative estimate of drug-likeness (QED) is 0.841. The zero-order valence-electron chi connectivity index (χ0n) is 10.2. The van der Waals surface area contributed by atoms with E-state index in [2.05, 4.69) is 29.6 Å². The Balaban J connectivity index is 2.05. The number of hydrogen-bond donors (Lipinski definition) is 1. The summed E-state index contributed by atoms with van der Waals surface area (Å²) >= 11 is 0. The van der Waals surface area contributed by atoms with Crippen molar-refractivity contribution in [3.8, 4) is 6.07 Å². The van der Waals surface area contributed by atoms with Gasteiger partial charge in [-0.25, -0.2) is 0 Å². The molecule has 1 fully saturated rings. The Hall–Kier alpha value is -1.59. The molecule has 0 radical (unpaired) electrons. The van der Waals surface area contributed by atoms with Gasteiger partial charge in [0.15, 0.2) is 0 Å². The average Bonchev–Trinajstić information content (AvgIpc) is 2.38. The van der Waals surface area contributed by atoms with E-state index in [4.69, 9.17) is 5.26 Å². The van der Waals surface area contributed by atoms with E-state index in [1.54, 1.807) is 0 Å². The smallest absolute Gasteiger partial charge is 0.0994 e. The minimum Gasteiger partial charge on any atom is -0.317 e. The Bertz CT molecular complexity index is 448. The van der Waals surface area contributed by atoms with Crippen molar-refractivity contribution in [1.29, 1.82) is 5.26 Å². The highest BCUT2D eigenvalue weighted by molar-refractivity contribution is 5.53. The van der Waals surface area contributed by atoms with Gasteiger partial charge in [0.1, 0.15) is 0 Å². The number of rotatable bonds is 2. The van der Waals surface area contributed by atoms with Gasteiger partial charge in [-0.05, 0) is 56.0 Å². The Kier molecular flexibility index (Phi) is 3.95. The molecule has 0 bridgehead atoms. The molecule has 1 N–H and O–H groups in total. The Morgan fingerprint density at radius 1 is 1.35 bits per heavy atom. The van der Waals surface area contributed by atoms with Crippen LogP contribution in [0.4, 0.5) is 0 Å². The molecular formula is C15H18N2. The van der Waals surface area contributed by atoms with Gasteiger partial charge >= 0.3 is 0 Å². The Labute approximate surface area is 103 Å². The second-order valence-corrected chi connectivity index (χ2v) is 4.63. The summed E-state index contributed by atoms with van der Waals surface area (Å²) in [6.45, 7) is 4.24. The molecule has 2 nitrogen and oxygen atoms in total. The highest BCUT2D eigenvalue weighted by Crippen LogP contribution is 2.16. The van der Waals surface area contributed by atoms with Crippen molar-refractivity contribution in [2.24, 2.45) is 5.92 Å². The van der Waals surface area contributed by atoms with Gasteiger partial charge in [-0.15, -0.1) is 0 Å². The minimum atomic E-state index is 0.701. The summed E-state index contributed by atoms with van der Waals surface area (Å²) in [5.74, 6) is 0.701. The third-order valence-electron chi connectivity index (χ3n) is 3.32. The monoisotopic (exact) mass is 226 g/mol. The van der Waals surface area contributed by atoms with Gasteiger partial charge in [-0.2, -0.15) is 5.26 Å². The van der Waals surface area contributed by atoms with Gasteiger partial charge < -0.3 is 5.32 Å². The number of nitriles is 1. The van der Waals surface area contributed by atoms with E-state index in [9.17, 15) is 0 Å². The van der Waals surface area contributed by atoms with Crippen molar-refractivity contribution in [3.63, 3.8) is 0 Å². The lowest BCUT2D eigenvalue weighted by molar-refractivity contribution is 0.438. The van der Waals surface area contributed by atoms with Crippen molar-refractivity contribution < 1.29 is 0 Å². The molecule has 1 saturated heterocycles. The van der Waals surface area contributed by atoms with Gasteiger partial charge in [0.25, 0.3) is 0 Å². The molecule has 1 aliphatic rings. The van der Waals surface area contributed by atoms with E-state index in [0.717, 1.165) is 24.2 Å². The fourth-order valence-corrected chi connectivity index (χ4v) is 2.20. The van der Waals surface area contributed by atoms with Gasteiger partial charge in [0, 0.05) is 0 Å². The van der Waals surface area contributed by atoms with Crippen LogP contribution in [0.3, 0.4) is 0 Å². The lowest BCUT2D eigenvalue weighted by atomic mass is 9.96. The predicted molar refractivity (Wildman–Crippen MR) is 70.5 cm³/mol. The average molecular weight is 226 g/mol. The number of nitrogens with one attached hydrogen (secondary N) is 1. The summed E-state index contributed by atoms with van der Waals surface area (Å²) in [7, 11) is 0. The first-order valence-electron chi connectivity index (χ1n) is 6.19. The van der Waals surface area contributed by atoms with E-state index in [-0.39, 0.29) is 0 Å². The van der Waals surface area contributed by atoms with E-state index < -0.39 is 0 Å². The zero-order chi connectivity index (χ0) is 12.1. The normalized spacial score (nSPS) is 17.2. The lowest BCUT2D eigenvalue weighted by Gasteiger charge is -2.19. The van der Waals surface area contributed by atoms with Crippen LogP contribution in [0.1, 0.15) is 29.5 Å². The van der Waals surface area contributed by atoms with Gasteiger partial charge in [0.2, 0.25) is 0 Å². The maximum absolute atomic E-state index is 8.87.